The third-order valence-electron chi connectivity index (χ3n) is 4.64. The number of hydrogen-bond acceptors (Lipinski definition) is 3. The molecule has 0 bridgehead atoms. The molecule has 0 unspecified atom stereocenters. The highest BCUT2D eigenvalue weighted by Crippen LogP contribution is 2.21. The minimum Gasteiger partial charge on any atom is -0.494 e. The van der Waals surface area contributed by atoms with Gasteiger partial charge in [0.05, 0.1) is 11.6 Å². The average Bonchev–Trinajstić information content (AvgIpc) is 2.76. The van der Waals surface area contributed by atoms with Crippen molar-refractivity contribution in [2.75, 3.05) is 17.2 Å². The number of hydrogen-bond donors (Lipinski definition) is 2. The molecule has 0 fully saturated rings. The van der Waals surface area contributed by atoms with Gasteiger partial charge in [0.1, 0.15) is 11.6 Å². The monoisotopic (exact) mass is 454 g/mol. The van der Waals surface area contributed by atoms with Crippen molar-refractivity contribution in [3.63, 3.8) is 0 Å². The molecule has 0 aliphatic carbocycles. The van der Waals surface area contributed by atoms with Crippen molar-refractivity contribution in [3.8, 4) is 5.75 Å². The van der Waals surface area contributed by atoms with Crippen LogP contribution in [0.25, 0.3) is 0 Å². The molecule has 0 spiro atoms. The Balaban J connectivity index is 1.61. The van der Waals surface area contributed by atoms with Gasteiger partial charge in [0.25, 0.3) is 11.8 Å². The Morgan fingerprint density at radius 2 is 1.56 bits per heavy atom. The zero-order valence-electron chi connectivity index (χ0n) is 17.8. The van der Waals surface area contributed by atoms with Crippen molar-refractivity contribution in [2.24, 2.45) is 5.92 Å². The Morgan fingerprint density at radius 1 is 0.906 bits per heavy atom. The van der Waals surface area contributed by atoms with Crippen LogP contribution in [-0.4, -0.2) is 18.4 Å². The SMILES string of the molecule is CC(C)CCOc1ccc(C(=O)Nc2cccc(C(=O)Nc3ccc(F)c(Cl)c3)c2)cc1. The van der Waals surface area contributed by atoms with Crippen LogP contribution in [0.3, 0.4) is 0 Å². The molecule has 0 heterocycles. The van der Waals surface area contributed by atoms with Crippen LogP contribution in [0, 0.1) is 11.7 Å². The fourth-order valence-electron chi connectivity index (χ4n) is 2.83. The molecule has 32 heavy (non-hydrogen) atoms. The molecule has 0 atom stereocenters. The summed E-state index contributed by atoms with van der Waals surface area (Å²) in [5, 5.41) is 5.35. The van der Waals surface area contributed by atoms with Gasteiger partial charge in [-0.25, -0.2) is 4.39 Å². The van der Waals surface area contributed by atoms with Crippen LogP contribution in [0.1, 0.15) is 41.0 Å². The third kappa shape index (κ3) is 6.56. The molecule has 0 aromatic heterocycles. The fourth-order valence-corrected chi connectivity index (χ4v) is 3.01. The molecule has 166 valence electrons. The number of benzene rings is 3. The zero-order chi connectivity index (χ0) is 23.1. The van der Waals surface area contributed by atoms with Crippen molar-refractivity contribution < 1.29 is 18.7 Å². The Kier molecular flexibility index (Phi) is 7.84. The second-order valence-corrected chi connectivity index (χ2v) is 8.08. The average molecular weight is 455 g/mol. The van der Waals surface area contributed by atoms with Gasteiger partial charge in [-0.2, -0.15) is 0 Å². The van der Waals surface area contributed by atoms with Crippen LogP contribution in [0.15, 0.2) is 66.7 Å². The fraction of sp³-hybridized carbons (Fsp3) is 0.200. The third-order valence-corrected chi connectivity index (χ3v) is 4.93. The summed E-state index contributed by atoms with van der Waals surface area (Å²) in [5.41, 5.74) is 1.64. The van der Waals surface area contributed by atoms with E-state index in [0.29, 0.717) is 40.8 Å². The van der Waals surface area contributed by atoms with Crippen LogP contribution in [-0.2, 0) is 0 Å². The summed E-state index contributed by atoms with van der Waals surface area (Å²) in [6, 6.07) is 17.3. The standard InChI is InChI=1S/C25H24ClFN2O3/c1-16(2)12-13-32-21-9-6-17(7-10-21)24(30)28-19-5-3-4-18(14-19)25(31)29-20-8-11-23(27)22(26)15-20/h3-11,14-16H,12-13H2,1-2H3,(H,28,30)(H,29,31). The van der Waals surface area contributed by atoms with Crippen LogP contribution < -0.4 is 15.4 Å². The molecule has 2 amide bonds. The van der Waals surface area contributed by atoms with Gasteiger partial charge in [0, 0.05) is 22.5 Å². The number of ether oxygens (including phenoxy) is 1. The minimum atomic E-state index is -0.565. The normalized spacial score (nSPS) is 10.7. The Bertz CT molecular complexity index is 1100. The predicted octanol–water partition coefficient (Wildman–Crippen LogP) is 6.41. The lowest BCUT2D eigenvalue weighted by Gasteiger charge is -2.10. The molecule has 0 radical (unpaired) electrons. The number of nitrogens with one attached hydrogen (secondary N) is 2. The van der Waals surface area contributed by atoms with E-state index in [0.717, 1.165) is 6.42 Å². The van der Waals surface area contributed by atoms with Gasteiger partial charge in [0.15, 0.2) is 0 Å². The van der Waals surface area contributed by atoms with E-state index in [1.165, 1.54) is 18.2 Å². The summed E-state index contributed by atoms with van der Waals surface area (Å²) in [4.78, 5) is 25.1. The van der Waals surface area contributed by atoms with Gasteiger partial charge < -0.3 is 15.4 Å². The number of halogens is 2. The summed E-state index contributed by atoms with van der Waals surface area (Å²) in [5.74, 6) is -0.00837. The highest BCUT2D eigenvalue weighted by atomic mass is 35.5. The van der Waals surface area contributed by atoms with E-state index in [1.807, 2.05) is 0 Å². The van der Waals surface area contributed by atoms with Crippen molar-refractivity contribution >= 4 is 34.8 Å². The molecular formula is C25H24ClFN2O3. The first-order valence-corrected chi connectivity index (χ1v) is 10.6. The van der Waals surface area contributed by atoms with Crippen LogP contribution in [0.4, 0.5) is 15.8 Å². The molecular weight excluding hydrogens is 431 g/mol. The summed E-state index contributed by atoms with van der Waals surface area (Å²) in [7, 11) is 0. The minimum absolute atomic E-state index is 0.0832. The second kappa shape index (κ2) is 10.8. The predicted molar refractivity (Wildman–Crippen MR) is 125 cm³/mol. The number of carbonyl (C=O) groups excluding carboxylic acids is 2. The molecule has 7 heteroatoms. The van der Waals surface area contributed by atoms with E-state index in [1.54, 1.807) is 48.5 Å². The van der Waals surface area contributed by atoms with Crippen LogP contribution in [0.5, 0.6) is 5.75 Å². The topological polar surface area (TPSA) is 67.4 Å². The molecule has 3 rings (SSSR count). The highest BCUT2D eigenvalue weighted by Gasteiger charge is 2.11. The molecule has 2 N–H and O–H groups in total. The highest BCUT2D eigenvalue weighted by molar-refractivity contribution is 6.31. The maximum absolute atomic E-state index is 13.3. The summed E-state index contributed by atoms with van der Waals surface area (Å²) >= 11 is 5.75. The largest absolute Gasteiger partial charge is 0.494 e. The maximum atomic E-state index is 13.3. The summed E-state index contributed by atoms with van der Waals surface area (Å²) < 4.78 is 19.0. The molecule has 0 aliphatic heterocycles. The number of amides is 2. The maximum Gasteiger partial charge on any atom is 0.255 e. The van der Waals surface area contributed by atoms with E-state index in [9.17, 15) is 14.0 Å². The Labute approximate surface area is 191 Å². The van der Waals surface area contributed by atoms with Gasteiger partial charge in [-0.15, -0.1) is 0 Å². The first-order valence-electron chi connectivity index (χ1n) is 10.2. The van der Waals surface area contributed by atoms with Crippen LogP contribution in [0.2, 0.25) is 5.02 Å². The lowest BCUT2D eigenvalue weighted by Crippen LogP contribution is -2.14. The number of rotatable bonds is 8. The summed E-state index contributed by atoms with van der Waals surface area (Å²) in [6.45, 7) is 4.89. The number of anilines is 2. The Hall–Kier alpha value is -3.38. The molecule has 0 saturated carbocycles. The number of carbonyl (C=O) groups is 2. The van der Waals surface area contributed by atoms with Gasteiger partial charge in [-0.05, 0) is 73.0 Å². The van der Waals surface area contributed by atoms with Crippen molar-refractivity contribution in [1.82, 2.24) is 0 Å². The van der Waals surface area contributed by atoms with E-state index in [2.05, 4.69) is 24.5 Å². The smallest absolute Gasteiger partial charge is 0.255 e. The van der Waals surface area contributed by atoms with Gasteiger partial charge in [-0.1, -0.05) is 31.5 Å². The van der Waals surface area contributed by atoms with E-state index in [-0.39, 0.29) is 10.9 Å². The first-order chi connectivity index (χ1) is 15.3. The molecule has 3 aromatic carbocycles. The van der Waals surface area contributed by atoms with Crippen molar-refractivity contribution in [3.05, 3.63) is 88.7 Å². The quantitative estimate of drug-likeness (QED) is 0.413. The molecule has 0 saturated heterocycles. The van der Waals surface area contributed by atoms with Gasteiger partial charge in [-0.3, -0.25) is 9.59 Å². The Morgan fingerprint density at radius 3 is 2.22 bits per heavy atom. The first kappa shape index (κ1) is 23.3. The summed E-state index contributed by atoms with van der Waals surface area (Å²) in [6.07, 6.45) is 0.959. The molecule has 3 aromatic rings. The van der Waals surface area contributed by atoms with E-state index < -0.39 is 11.7 Å². The van der Waals surface area contributed by atoms with Gasteiger partial charge >= 0.3 is 0 Å². The van der Waals surface area contributed by atoms with Crippen molar-refractivity contribution in [1.29, 1.82) is 0 Å². The molecule has 0 aliphatic rings. The van der Waals surface area contributed by atoms with E-state index in [4.69, 9.17) is 16.3 Å². The second-order valence-electron chi connectivity index (χ2n) is 7.67. The lowest BCUT2D eigenvalue weighted by molar-refractivity contribution is 0.101. The molecule has 5 nitrogen and oxygen atoms in total. The van der Waals surface area contributed by atoms with Gasteiger partial charge in [0.2, 0.25) is 0 Å². The van der Waals surface area contributed by atoms with E-state index >= 15 is 0 Å². The van der Waals surface area contributed by atoms with Crippen molar-refractivity contribution in [2.45, 2.75) is 20.3 Å². The zero-order valence-corrected chi connectivity index (χ0v) is 18.6. The van der Waals surface area contributed by atoms with Crippen LogP contribution >= 0.6 is 11.6 Å². The lowest BCUT2D eigenvalue weighted by atomic mass is 10.1.